The molecule has 0 amide bonds. The summed E-state index contributed by atoms with van der Waals surface area (Å²) in [5.74, 6) is -0.144. The summed E-state index contributed by atoms with van der Waals surface area (Å²) >= 11 is 0. The van der Waals surface area contributed by atoms with Crippen LogP contribution in [0.25, 0.3) is 6.08 Å². The molecule has 0 atom stereocenters. The molecule has 0 aliphatic rings. The lowest BCUT2D eigenvalue weighted by Crippen LogP contribution is -2.13. The molecule has 1 aromatic carbocycles. The van der Waals surface area contributed by atoms with Gasteiger partial charge in [0.1, 0.15) is 18.6 Å². The predicted octanol–water partition coefficient (Wildman–Crippen LogP) is 2.57. The minimum Gasteiger partial charge on any atom is -0.461 e. The van der Waals surface area contributed by atoms with Crippen LogP contribution in [0.5, 0.6) is 0 Å². The number of carbonyl (C=O) groups is 1. The van der Waals surface area contributed by atoms with Gasteiger partial charge in [0.15, 0.2) is 0 Å². The molecule has 0 fully saturated rings. The number of hydrogen-bond acceptors (Lipinski definition) is 8. The smallest absolute Gasteiger partial charge is 0.330 e. The van der Waals surface area contributed by atoms with Crippen molar-refractivity contribution in [3.05, 3.63) is 74.5 Å². The van der Waals surface area contributed by atoms with Crippen LogP contribution in [0.3, 0.4) is 0 Å². The Morgan fingerprint density at radius 1 is 1.08 bits per heavy atom. The van der Waals surface area contributed by atoms with Gasteiger partial charge in [-0.1, -0.05) is 0 Å². The van der Waals surface area contributed by atoms with Crippen LogP contribution in [-0.2, 0) is 9.53 Å². The molecule has 134 valence electrons. The fourth-order valence-corrected chi connectivity index (χ4v) is 1.85. The Hall–Kier alpha value is -3.82. The number of nitrogens with one attached hydrogen (secondary N) is 1. The third kappa shape index (κ3) is 5.67. The molecule has 1 heterocycles. The fraction of sp³-hybridized carbons (Fsp3) is 0.125. The molecule has 1 N–H and O–H groups in total. The summed E-state index contributed by atoms with van der Waals surface area (Å²) < 4.78 is 4.98. The summed E-state index contributed by atoms with van der Waals surface area (Å²) in [5.41, 5.74) is 0.481. The van der Waals surface area contributed by atoms with Gasteiger partial charge in [-0.2, -0.15) is 0 Å². The van der Waals surface area contributed by atoms with Crippen LogP contribution in [0.4, 0.5) is 17.2 Å². The number of nitrogens with zero attached hydrogens (tertiary/aromatic N) is 3. The monoisotopic (exact) mass is 358 g/mol. The molecular weight excluding hydrogens is 344 g/mol. The van der Waals surface area contributed by atoms with Crippen molar-refractivity contribution >= 4 is 29.2 Å². The Morgan fingerprint density at radius 3 is 2.31 bits per heavy atom. The molecule has 2 aromatic rings. The van der Waals surface area contributed by atoms with Crippen molar-refractivity contribution in [3.8, 4) is 0 Å². The summed E-state index contributed by atoms with van der Waals surface area (Å²) in [4.78, 5) is 35.4. The first kappa shape index (κ1) is 18.5. The molecule has 0 saturated heterocycles. The van der Waals surface area contributed by atoms with Gasteiger partial charge in [-0.3, -0.25) is 20.2 Å². The van der Waals surface area contributed by atoms with Gasteiger partial charge in [0.25, 0.3) is 11.4 Å². The van der Waals surface area contributed by atoms with Crippen LogP contribution < -0.4 is 5.32 Å². The van der Waals surface area contributed by atoms with E-state index in [2.05, 4.69) is 10.3 Å². The van der Waals surface area contributed by atoms with Gasteiger partial charge in [-0.15, -0.1) is 0 Å². The molecule has 1 aromatic heterocycles. The topological polar surface area (TPSA) is 138 Å². The summed E-state index contributed by atoms with van der Waals surface area (Å²) in [5, 5.41) is 23.9. The first-order chi connectivity index (χ1) is 12.5. The second kappa shape index (κ2) is 8.87. The molecule has 0 aliphatic heterocycles. The van der Waals surface area contributed by atoms with Crippen molar-refractivity contribution in [2.24, 2.45) is 0 Å². The maximum atomic E-state index is 11.6. The lowest BCUT2D eigenvalue weighted by atomic mass is 10.2. The van der Waals surface area contributed by atoms with Crippen molar-refractivity contribution in [1.29, 1.82) is 0 Å². The standard InChI is InChI=1S/C16H14N4O6/c21-16(8-3-12-1-4-13(5-2-12)19(22)23)26-10-9-17-15-7-6-14(11-18-15)20(24)25/h1-8,11H,9-10H2,(H,17,18)/b8-3+. The molecule has 0 aliphatic carbocycles. The quantitative estimate of drug-likeness (QED) is 0.250. The zero-order valence-electron chi connectivity index (χ0n) is 13.4. The van der Waals surface area contributed by atoms with Gasteiger partial charge in [-0.05, 0) is 29.8 Å². The first-order valence-corrected chi connectivity index (χ1v) is 7.39. The zero-order chi connectivity index (χ0) is 18.9. The largest absolute Gasteiger partial charge is 0.461 e. The minimum absolute atomic E-state index is 0.0318. The van der Waals surface area contributed by atoms with E-state index in [-0.39, 0.29) is 24.5 Å². The second-order valence-electron chi connectivity index (χ2n) is 4.93. The van der Waals surface area contributed by atoms with E-state index in [4.69, 9.17) is 4.74 Å². The minimum atomic E-state index is -0.568. The van der Waals surface area contributed by atoms with E-state index in [9.17, 15) is 25.0 Å². The number of esters is 1. The summed E-state index contributed by atoms with van der Waals surface area (Å²) in [6.07, 6.45) is 3.82. The van der Waals surface area contributed by atoms with Crippen LogP contribution in [0.15, 0.2) is 48.7 Å². The van der Waals surface area contributed by atoms with E-state index in [0.29, 0.717) is 11.4 Å². The van der Waals surface area contributed by atoms with Gasteiger partial charge >= 0.3 is 5.97 Å². The summed E-state index contributed by atoms with van der Waals surface area (Å²) in [6.45, 7) is 0.351. The van der Waals surface area contributed by atoms with Crippen molar-refractivity contribution in [1.82, 2.24) is 4.98 Å². The Bertz CT molecular complexity index is 818. The molecule has 26 heavy (non-hydrogen) atoms. The lowest BCUT2D eigenvalue weighted by molar-refractivity contribution is -0.385. The summed E-state index contributed by atoms with van der Waals surface area (Å²) in [6, 6.07) is 8.48. The summed E-state index contributed by atoms with van der Waals surface area (Å²) in [7, 11) is 0. The van der Waals surface area contributed by atoms with E-state index >= 15 is 0 Å². The van der Waals surface area contributed by atoms with Gasteiger partial charge in [-0.25, -0.2) is 9.78 Å². The SMILES string of the molecule is O=C(/C=C/c1ccc([N+](=O)[O-])cc1)OCCNc1ccc([N+](=O)[O-])cn1. The number of aromatic nitrogens is 1. The number of rotatable bonds is 8. The highest BCUT2D eigenvalue weighted by Crippen LogP contribution is 2.13. The van der Waals surface area contributed by atoms with E-state index in [0.717, 1.165) is 6.20 Å². The third-order valence-corrected chi connectivity index (χ3v) is 3.13. The van der Waals surface area contributed by atoms with Crippen molar-refractivity contribution in [3.63, 3.8) is 0 Å². The van der Waals surface area contributed by atoms with Gasteiger partial charge in [0.2, 0.25) is 0 Å². The number of pyridine rings is 1. The predicted molar refractivity (Wildman–Crippen MR) is 92.5 cm³/mol. The highest BCUT2D eigenvalue weighted by molar-refractivity contribution is 5.87. The number of non-ortho nitro benzene ring substituents is 1. The van der Waals surface area contributed by atoms with Crippen LogP contribution in [0.2, 0.25) is 0 Å². The van der Waals surface area contributed by atoms with Crippen molar-refractivity contribution in [2.45, 2.75) is 0 Å². The Balaban J connectivity index is 1.72. The van der Waals surface area contributed by atoms with Gasteiger partial charge < -0.3 is 10.1 Å². The molecule has 10 heteroatoms. The van der Waals surface area contributed by atoms with E-state index in [1.165, 1.54) is 48.6 Å². The first-order valence-electron chi connectivity index (χ1n) is 7.39. The Labute approximate surface area is 147 Å². The number of carbonyl (C=O) groups excluding carboxylic acids is 1. The van der Waals surface area contributed by atoms with Crippen molar-refractivity contribution in [2.75, 3.05) is 18.5 Å². The number of benzene rings is 1. The van der Waals surface area contributed by atoms with E-state index in [1.807, 2.05) is 0 Å². The number of nitro benzene ring substituents is 1. The Morgan fingerprint density at radius 2 is 1.73 bits per heavy atom. The number of ether oxygens (including phenoxy) is 1. The normalized spacial score (nSPS) is 10.5. The second-order valence-corrected chi connectivity index (χ2v) is 4.93. The molecule has 10 nitrogen and oxygen atoms in total. The molecule has 0 spiro atoms. The zero-order valence-corrected chi connectivity index (χ0v) is 13.4. The van der Waals surface area contributed by atoms with Gasteiger partial charge in [0.05, 0.1) is 16.4 Å². The van der Waals surface area contributed by atoms with E-state index < -0.39 is 15.8 Å². The third-order valence-electron chi connectivity index (χ3n) is 3.13. The number of anilines is 1. The maximum absolute atomic E-state index is 11.6. The maximum Gasteiger partial charge on any atom is 0.330 e. The fourth-order valence-electron chi connectivity index (χ4n) is 1.85. The average molecular weight is 358 g/mol. The molecule has 0 bridgehead atoms. The van der Waals surface area contributed by atoms with Crippen LogP contribution in [0, 0.1) is 20.2 Å². The lowest BCUT2D eigenvalue weighted by Gasteiger charge is -2.05. The van der Waals surface area contributed by atoms with Gasteiger partial charge in [0, 0.05) is 24.3 Å². The average Bonchev–Trinajstić information content (AvgIpc) is 2.64. The molecule has 0 saturated carbocycles. The molecular formula is C16H14N4O6. The Kier molecular flexibility index (Phi) is 6.32. The van der Waals surface area contributed by atoms with Crippen LogP contribution >= 0.6 is 0 Å². The number of nitro groups is 2. The van der Waals surface area contributed by atoms with Crippen LogP contribution in [0.1, 0.15) is 5.56 Å². The molecule has 0 radical (unpaired) electrons. The van der Waals surface area contributed by atoms with E-state index in [1.54, 1.807) is 0 Å². The van der Waals surface area contributed by atoms with Crippen LogP contribution in [-0.4, -0.2) is 34.0 Å². The highest BCUT2D eigenvalue weighted by atomic mass is 16.6. The highest BCUT2D eigenvalue weighted by Gasteiger charge is 2.05. The number of hydrogen-bond donors (Lipinski definition) is 1. The van der Waals surface area contributed by atoms with Crippen molar-refractivity contribution < 1.29 is 19.4 Å². The molecule has 0 unspecified atom stereocenters. The molecule has 2 rings (SSSR count).